The average molecular weight is 222 g/mol. The van der Waals surface area contributed by atoms with Gasteiger partial charge in [0.25, 0.3) is 0 Å². The lowest BCUT2D eigenvalue weighted by molar-refractivity contribution is 0.112. The van der Waals surface area contributed by atoms with Gasteiger partial charge >= 0.3 is 0 Å². The molecule has 1 aromatic rings. The molecule has 1 rings (SSSR count). The molecule has 0 aromatic heterocycles. The maximum Gasteiger partial charge on any atom is 0.150 e. The van der Waals surface area contributed by atoms with Gasteiger partial charge < -0.3 is 0 Å². The van der Waals surface area contributed by atoms with Gasteiger partial charge in [0.05, 0.1) is 4.20 Å². The Morgan fingerprint density at radius 2 is 1.86 bits per heavy atom. The summed E-state index contributed by atoms with van der Waals surface area (Å²) in [6.07, 6.45) is 6.60. The van der Waals surface area contributed by atoms with Crippen molar-refractivity contribution in [3.8, 4) is 0 Å². The summed E-state index contributed by atoms with van der Waals surface area (Å²) < 4.78 is 0.851. The summed E-state index contributed by atoms with van der Waals surface area (Å²) >= 11 is 6.56. The van der Waals surface area contributed by atoms with Crippen molar-refractivity contribution in [3.63, 3.8) is 0 Å². The van der Waals surface area contributed by atoms with E-state index in [1.807, 2.05) is 30.5 Å². The lowest BCUT2D eigenvalue weighted by Crippen LogP contribution is -1.80. The first kappa shape index (κ1) is 11.1. The molecule has 14 heavy (non-hydrogen) atoms. The molecular weight excluding hydrogens is 212 g/mol. The molecule has 0 radical (unpaired) electrons. The van der Waals surface area contributed by atoms with Gasteiger partial charge in [-0.05, 0) is 17.9 Å². The average Bonchev–Trinajstić information content (AvgIpc) is 2.26. The maximum absolute atomic E-state index is 10.4. The van der Waals surface area contributed by atoms with Crippen LogP contribution in [0.1, 0.15) is 15.9 Å². The van der Waals surface area contributed by atoms with Crippen molar-refractivity contribution in [2.45, 2.75) is 0 Å². The Morgan fingerprint density at radius 3 is 2.36 bits per heavy atom. The second-order valence-electron chi connectivity index (χ2n) is 2.64. The zero-order valence-corrected chi connectivity index (χ0v) is 9.40. The Hall–Kier alpha value is -0.930. The second kappa shape index (κ2) is 5.73. The largest absolute Gasteiger partial charge is 0.298 e. The number of rotatable bonds is 3. The highest BCUT2D eigenvalue weighted by Crippen LogP contribution is 2.07. The first-order valence-electron chi connectivity index (χ1n) is 4.07. The normalized spacial score (nSPS) is 10.4. The summed E-state index contributed by atoms with van der Waals surface area (Å²) in [6.45, 7) is 0. The highest BCUT2D eigenvalue weighted by molar-refractivity contribution is 8.23. The Morgan fingerprint density at radius 1 is 1.29 bits per heavy atom. The Balaban J connectivity index is 2.73. The van der Waals surface area contributed by atoms with Gasteiger partial charge in [0.15, 0.2) is 0 Å². The van der Waals surface area contributed by atoms with E-state index < -0.39 is 0 Å². The molecule has 72 valence electrons. The second-order valence-corrected chi connectivity index (χ2v) is 4.19. The summed E-state index contributed by atoms with van der Waals surface area (Å²) in [5.41, 5.74) is 1.74. The van der Waals surface area contributed by atoms with Crippen LogP contribution in [-0.4, -0.2) is 16.7 Å². The number of hydrogen-bond acceptors (Lipinski definition) is 3. The van der Waals surface area contributed by atoms with Gasteiger partial charge in [-0.25, -0.2) is 0 Å². The number of thioether (sulfide) groups is 1. The summed E-state index contributed by atoms with van der Waals surface area (Å²) in [6, 6.07) is 7.36. The lowest BCUT2D eigenvalue weighted by Gasteiger charge is -1.94. The Bertz CT molecular complexity index is 352. The number of hydrogen-bond donors (Lipinski definition) is 0. The van der Waals surface area contributed by atoms with E-state index in [-0.39, 0.29) is 0 Å². The predicted octanol–water partition coefficient (Wildman–Crippen LogP) is 3.20. The van der Waals surface area contributed by atoms with Gasteiger partial charge in [0.2, 0.25) is 0 Å². The Labute approximate surface area is 93.2 Å². The summed E-state index contributed by atoms with van der Waals surface area (Å²) in [7, 11) is 0. The van der Waals surface area contributed by atoms with Gasteiger partial charge in [0.1, 0.15) is 6.29 Å². The molecule has 0 amide bonds. The molecule has 0 saturated carbocycles. The SMILES string of the molecule is CSC(=S)/C=C/c1ccc(C=O)cc1. The number of thiocarbonyl (C=S) groups is 1. The number of carbonyl (C=O) groups excluding carboxylic acids is 1. The van der Waals surface area contributed by atoms with Crippen LogP contribution >= 0.6 is 24.0 Å². The lowest BCUT2D eigenvalue weighted by atomic mass is 10.1. The van der Waals surface area contributed by atoms with Crippen LogP contribution in [0.5, 0.6) is 0 Å². The first-order chi connectivity index (χ1) is 6.76. The van der Waals surface area contributed by atoms with Crippen LogP contribution in [0.3, 0.4) is 0 Å². The van der Waals surface area contributed by atoms with Gasteiger partial charge in [-0.3, -0.25) is 4.79 Å². The van der Waals surface area contributed by atoms with Crippen LogP contribution in [0.2, 0.25) is 0 Å². The fraction of sp³-hybridized carbons (Fsp3) is 0.0909. The van der Waals surface area contributed by atoms with Gasteiger partial charge in [-0.15, -0.1) is 11.8 Å². The fourth-order valence-corrected chi connectivity index (χ4v) is 1.19. The van der Waals surface area contributed by atoms with Crippen molar-refractivity contribution in [1.82, 2.24) is 0 Å². The first-order valence-corrected chi connectivity index (χ1v) is 5.71. The van der Waals surface area contributed by atoms with Gasteiger partial charge in [-0.2, -0.15) is 0 Å². The third kappa shape index (κ3) is 3.44. The third-order valence-corrected chi connectivity index (χ3v) is 2.86. The van der Waals surface area contributed by atoms with E-state index in [0.717, 1.165) is 16.0 Å². The molecule has 0 unspecified atom stereocenters. The van der Waals surface area contributed by atoms with E-state index in [4.69, 9.17) is 12.2 Å². The van der Waals surface area contributed by atoms with Crippen molar-refractivity contribution in [1.29, 1.82) is 0 Å². The molecule has 0 atom stereocenters. The third-order valence-electron chi connectivity index (χ3n) is 1.69. The maximum atomic E-state index is 10.4. The van der Waals surface area contributed by atoms with E-state index in [2.05, 4.69) is 0 Å². The van der Waals surface area contributed by atoms with E-state index >= 15 is 0 Å². The molecule has 0 heterocycles. The molecule has 0 bridgehead atoms. The summed E-state index contributed by atoms with van der Waals surface area (Å²) in [5, 5.41) is 0. The molecule has 0 saturated heterocycles. The molecule has 3 heteroatoms. The highest BCUT2D eigenvalue weighted by Gasteiger charge is 1.90. The van der Waals surface area contributed by atoms with Gasteiger partial charge in [-0.1, -0.05) is 42.6 Å². The van der Waals surface area contributed by atoms with E-state index in [1.54, 1.807) is 23.9 Å². The number of carbonyl (C=O) groups is 1. The minimum absolute atomic E-state index is 0.689. The van der Waals surface area contributed by atoms with Crippen molar-refractivity contribution in [2.24, 2.45) is 0 Å². The molecule has 1 aromatic carbocycles. The monoisotopic (exact) mass is 222 g/mol. The van der Waals surface area contributed by atoms with Crippen molar-refractivity contribution >= 4 is 40.5 Å². The topological polar surface area (TPSA) is 17.1 Å². The molecule has 1 nitrogen and oxygen atoms in total. The quantitative estimate of drug-likeness (QED) is 0.444. The molecular formula is C11H10OS2. The van der Waals surface area contributed by atoms with Crippen LogP contribution in [0.4, 0.5) is 0 Å². The van der Waals surface area contributed by atoms with Gasteiger partial charge in [0, 0.05) is 5.56 Å². The summed E-state index contributed by atoms with van der Waals surface area (Å²) in [4.78, 5) is 10.4. The number of benzene rings is 1. The van der Waals surface area contributed by atoms with Crippen LogP contribution in [0.15, 0.2) is 30.3 Å². The minimum atomic E-state index is 0.689. The molecule has 0 aliphatic heterocycles. The van der Waals surface area contributed by atoms with E-state index in [9.17, 15) is 4.79 Å². The van der Waals surface area contributed by atoms with Crippen LogP contribution in [0.25, 0.3) is 6.08 Å². The number of aldehydes is 1. The van der Waals surface area contributed by atoms with E-state index in [1.165, 1.54) is 0 Å². The molecule has 0 spiro atoms. The van der Waals surface area contributed by atoms with E-state index in [0.29, 0.717) is 5.56 Å². The van der Waals surface area contributed by atoms with Crippen LogP contribution in [-0.2, 0) is 0 Å². The Kier molecular flexibility index (Phi) is 4.56. The molecule has 0 N–H and O–H groups in total. The molecule has 0 aliphatic carbocycles. The zero-order valence-electron chi connectivity index (χ0n) is 7.77. The molecule has 0 aliphatic rings. The van der Waals surface area contributed by atoms with Crippen molar-refractivity contribution < 1.29 is 4.79 Å². The summed E-state index contributed by atoms with van der Waals surface area (Å²) in [5.74, 6) is 0. The zero-order chi connectivity index (χ0) is 10.4. The highest BCUT2D eigenvalue weighted by atomic mass is 32.2. The smallest absolute Gasteiger partial charge is 0.150 e. The molecule has 0 fully saturated rings. The van der Waals surface area contributed by atoms with Crippen molar-refractivity contribution in [3.05, 3.63) is 41.5 Å². The van der Waals surface area contributed by atoms with Crippen LogP contribution < -0.4 is 0 Å². The fourth-order valence-electron chi connectivity index (χ4n) is 0.918. The van der Waals surface area contributed by atoms with Crippen molar-refractivity contribution in [2.75, 3.05) is 6.26 Å². The van der Waals surface area contributed by atoms with Crippen LogP contribution in [0, 0.1) is 0 Å². The minimum Gasteiger partial charge on any atom is -0.298 e. The predicted molar refractivity (Wildman–Crippen MR) is 67.0 cm³/mol. The standard InChI is InChI=1S/C11H10OS2/c1-14-11(13)7-6-9-2-4-10(8-12)5-3-9/h2-8H,1H3/b7-6+.